The third kappa shape index (κ3) is 7.31. The van der Waals surface area contributed by atoms with Gasteiger partial charge >= 0.3 is 12.0 Å². The minimum atomic E-state index is -0.265. The summed E-state index contributed by atoms with van der Waals surface area (Å²) >= 11 is 0. The zero-order valence-electron chi connectivity index (χ0n) is 18.4. The second-order valence-electron chi connectivity index (χ2n) is 8.57. The molecule has 1 N–H and O–H groups in total. The summed E-state index contributed by atoms with van der Waals surface area (Å²) in [7, 11) is 0. The monoisotopic (exact) mass is 415 g/mol. The van der Waals surface area contributed by atoms with Gasteiger partial charge in [-0.3, -0.25) is 9.69 Å². The molecule has 2 heterocycles. The standard InChI is InChI=1S/C24H37N3O3/c1-2-30-23(28)10-13-25-24(29)27-16-11-21(12-17-27)18-20-6-8-22(9-7-20)19-26-14-4-3-5-15-26/h6-9,21H,2-5,10-19H2,1H3,(H,25,29). The number of benzene rings is 1. The molecular weight excluding hydrogens is 378 g/mol. The maximum absolute atomic E-state index is 12.3. The molecule has 0 saturated carbocycles. The van der Waals surface area contributed by atoms with Crippen LogP contribution in [0.2, 0.25) is 0 Å². The van der Waals surface area contributed by atoms with Crippen molar-refractivity contribution in [3.05, 3.63) is 35.4 Å². The number of esters is 1. The number of carbonyl (C=O) groups is 2. The third-order valence-electron chi connectivity index (χ3n) is 6.21. The van der Waals surface area contributed by atoms with Gasteiger partial charge in [0.15, 0.2) is 0 Å². The second kappa shape index (κ2) is 11.9. The molecule has 0 aromatic heterocycles. The molecule has 0 spiro atoms. The van der Waals surface area contributed by atoms with Gasteiger partial charge in [0.25, 0.3) is 0 Å². The number of ether oxygens (including phenoxy) is 1. The van der Waals surface area contributed by atoms with Gasteiger partial charge in [-0.15, -0.1) is 0 Å². The van der Waals surface area contributed by atoms with Crippen LogP contribution in [-0.2, 0) is 22.5 Å². The van der Waals surface area contributed by atoms with Gasteiger partial charge in [-0.2, -0.15) is 0 Å². The summed E-state index contributed by atoms with van der Waals surface area (Å²) in [6.45, 7) is 7.59. The van der Waals surface area contributed by atoms with Crippen LogP contribution in [-0.4, -0.2) is 61.1 Å². The Kier molecular flexibility index (Phi) is 9.00. The molecule has 2 aliphatic rings. The van der Waals surface area contributed by atoms with E-state index in [1.54, 1.807) is 6.92 Å². The van der Waals surface area contributed by atoms with E-state index in [9.17, 15) is 9.59 Å². The van der Waals surface area contributed by atoms with Gasteiger partial charge < -0.3 is 15.0 Å². The topological polar surface area (TPSA) is 61.9 Å². The lowest BCUT2D eigenvalue weighted by Crippen LogP contribution is -2.45. The van der Waals surface area contributed by atoms with Crippen molar-refractivity contribution in [1.29, 1.82) is 0 Å². The summed E-state index contributed by atoms with van der Waals surface area (Å²) in [4.78, 5) is 28.0. The van der Waals surface area contributed by atoms with Crippen LogP contribution in [0, 0.1) is 5.92 Å². The minimum Gasteiger partial charge on any atom is -0.466 e. The predicted molar refractivity (Wildman–Crippen MR) is 118 cm³/mol. The number of hydrogen-bond acceptors (Lipinski definition) is 4. The van der Waals surface area contributed by atoms with Crippen molar-refractivity contribution in [2.24, 2.45) is 5.92 Å². The number of rotatable bonds is 8. The van der Waals surface area contributed by atoms with E-state index < -0.39 is 0 Å². The Balaban J connectivity index is 1.35. The number of nitrogens with zero attached hydrogens (tertiary/aromatic N) is 2. The van der Waals surface area contributed by atoms with Crippen molar-refractivity contribution in [3.8, 4) is 0 Å². The van der Waals surface area contributed by atoms with Crippen molar-refractivity contribution in [2.75, 3.05) is 39.3 Å². The van der Waals surface area contributed by atoms with Crippen molar-refractivity contribution in [3.63, 3.8) is 0 Å². The summed E-state index contributed by atoms with van der Waals surface area (Å²) < 4.78 is 4.88. The molecule has 0 unspecified atom stereocenters. The van der Waals surface area contributed by atoms with Gasteiger partial charge in [0, 0.05) is 26.2 Å². The molecule has 30 heavy (non-hydrogen) atoms. The van der Waals surface area contributed by atoms with Gasteiger partial charge in [0.2, 0.25) is 0 Å². The number of likely N-dealkylation sites (tertiary alicyclic amines) is 2. The van der Waals surface area contributed by atoms with Gasteiger partial charge in [0.05, 0.1) is 13.0 Å². The molecule has 166 valence electrons. The smallest absolute Gasteiger partial charge is 0.317 e. The van der Waals surface area contributed by atoms with Gasteiger partial charge in [-0.05, 0) is 69.2 Å². The van der Waals surface area contributed by atoms with Crippen molar-refractivity contribution in [1.82, 2.24) is 15.1 Å². The van der Waals surface area contributed by atoms with E-state index >= 15 is 0 Å². The molecule has 2 amide bonds. The first-order chi connectivity index (χ1) is 14.6. The lowest BCUT2D eigenvalue weighted by Gasteiger charge is -2.32. The van der Waals surface area contributed by atoms with Crippen LogP contribution in [0.5, 0.6) is 0 Å². The van der Waals surface area contributed by atoms with E-state index in [1.165, 1.54) is 43.5 Å². The highest BCUT2D eigenvalue weighted by atomic mass is 16.5. The van der Waals surface area contributed by atoms with Crippen LogP contribution in [0.3, 0.4) is 0 Å². The molecule has 2 fully saturated rings. The molecule has 0 aliphatic carbocycles. The van der Waals surface area contributed by atoms with Gasteiger partial charge in [-0.1, -0.05) is 30.7 Å². The molecule has 3 rings (SSSR count). The average Bonchev–Trinajstić information content (AvgIpc) is 2.76. The number of piperidine rings is 2. The SMILES string of the molecule is CCOC(=O)CCNC(=O)N1CCC(Cc2ccc(CN3CCCCC3)cc2)CC1. The Labute approximate surface area is 180 Å². The molecule has 6 heteroatoms. The molecule has 0 radical (unpaired) electrons. The Morgan fingerprint density at radius 2 is 1.67 bits per heavy atom. The summed E-state index contributed by atoms with van der Waals surface area (Å²) in [5.74, 6) is 0.361. The molecule has 2 saturated heterocycles. The molecule has 6 nitrogen and oxygen atoms in total. The van der Waals surface area contributed by atoms with Crippen LogP contribution in [0.1, 0.15) is 56.6 Å². The van der Waals surface area contributed by atoms with Crippen molar-refractivity contribution >= 4 is 12.0 Å². The van der Waals surface area contributed by atoms with E-state index in [1.807, 2.05) is 4.90 Å². The van der Waals surface area contributed by atoms with Gasteiger partial charge in [0.1, 0.15) is 0 Å². The number of amides is 2. The van der Waals surface area contributed by atoms with E-state index in [0.29, 0.717) is 19.1 Å². The summed E-state index contributed by atoms with van der Waals surface area (Å²) in [5, 5.41) is 2.83. The maximum atomic E-state index is 12.3. The summed E-state index contributed by atoms with van der Waals surface area (Å²) in [6.07, 6.45) is 7.41. The third-order valence-corrected chi connectivity index (χ3v) is 6.21. The average molecular weight is 416 g/mol. The quantitative estimate of drug-likeness (QED) is 0.659. The number of carbonyl (C=O) groups excluding carboxylic acids is 2. The summed E-state index contributed by atoms with van der Waals surface area (Å²) in [5.41, 5.74) is 2.81. The predicted octanol–water partition coefficient (Wildman–Crippen LogP) is 3.59. The fourth-order valence-electron chi connectivity index (χ4n) is 4.45. The Bertz CT molecular complexity index is 663. The molecule has 1 aromatic carbocycles. The lowest BCUT2D eigenvalue weighted by atomic mass is 9.90. The second-order valence-corrected chi connectivity index (χ2v) is 8.57. The minimum absolute atomic E-state index is 0.0696. The first-order valence-corrected chi connectivity index (χ1v) is 11.6. The molecule has 0 bridgehead atoms. The highest BCUT2D eigenvalue weighted by molar-refractivity contribution is 5.75. The van der Waals surface area contributed by atoms with Crippen LogP contribution in [0.25, 0.3) is 0 Å². The molecular formula is C24H37N3O3. The van der Waals surface area contributed by atoms with E-state index in [2.05, 4.69) is 34.5 Å². The zero-order valence-corrected chi connectivity index (χ0v) is 18.4. The van der Waals surface area contributed by atoms with Crippen LogP contribution in [0.4, 0.5) is 4.79 Å². The Morgan fingerprint density at radius 1 is 1.00 bits per heavy atom. The van der Waals surface area contributed by atoms with E-state index in [-0.39, 0.29) is 18.4 Å². The van der Waals surface area contributed by atoms with Crippen LogP contribution in [0.15, 0.2) is 24.3 Å². The summed E-state index contributed by atoms with van der Waals surface area (Å²) in [6, 6.07) is 9.08. The normalized spacial score (nSPS) is 18.2. The van der Waals surface area contributed by atoms with E-state index in [4.69, 9.17) is 4.74 Å². The lowest BCUT2D eigenvalue weighted by molar-refractivity contribution is -0.142. The number of urea groups is 1. The van der Waals surface area contributed by atoms with Crippen molar-refractivity contribution < 1.29 is 14.3 Å². The van der Waals surface area contributed by atoms with Crippen LogP contribution >= 0.6 is 0 Å². The molecule has 1 aromatic rings. The first kappa shape index (κ1) is 22.6. The molecule has 0 atom stereocenters. The number of nitrogens with one attached hydrogen (secondary N) is 1. The maximum Gasteiger partial charge on any atom is 0.317 e. The molecule has 2 aliphatic heterocycles. The Hall–Kier alpha value is -2.08. The fraction of sp³-hybridized carbons (Fsp3) is 0.667. The number of hydrogen-bond donors (Lipinski definition) is 1. The highest BCUT2D eigenvalue weighted by Crippen LogP contribution is 2.22. The van der Waals surface area contributed by atoms with Crippen LogP contribution < -0.4 is 5.32 Å². The fourth-order valence-corrected chi connectivity index (χ4v) is 4.45. The highest BCUT2D eigenvalue weighted by Gasteiger charge is 2.23. The van der Waals surface area contributed by atoms with E-state index in [0.717, 1.165) is 38.9 Å². The zero-order chi connectivity index (χ0) is 21.2. The largest absolute Gasteiger partial charge is 0.466 e. The first-order valence-electron chi connectivity index (χ1n) is 11.6. The Morgan fingerprint density at radius 3 is 2.33 bits per heavy atom. The van der Waals surface area contributed by atoms with Crippen molar-refractivity contribution in [2.45, 2.75) is 58.4 Å². The van der Waals surface area contributed by atoms with Gasteiger partial charge in [-0.25, -0.2) is 4.79 Å².